The summed E-state index contributed by atoms with van der Waals surface area (Å²) in [6, 6.07) is 10.4. The van der Waals surface area contributed by atoms with Gasteiger partial charge in [0.25, 0.3) is 0 Å². The van der Waals surface area contributed by atoms with Gasteiger partial charge in [-0.25, -0.2) is 9.29 Å². The van der Waals surface area contributed by atoms with Crippen molar-refractivity contribution in [3.05, 3.63) is 47.7 Å². The maximum Gasteiger partial charge on any atom is 0.128 e. The second-order valence-electron chi connectivity index (χ2n) is 8.35. The van der Waals surface area contributed by atoms with Crippen molar-refractivity contribution in [3.63, 3.8) is 0 Å². The molecule has 0 atom stereocenters. The van der Waals surface area contributed by atoms with Gasteiger partial charge in [-0.1, -0.05) is 5.16 Å². The van der Waals surface area contributed by atoms with Gasteiger partial charge in [0, 0.05) is 56.1 Å². The molecule has 0 bridgehead atoms. The zero-order chi connectivity index (χ0) is 23.6. The molecule has 2 heterocycles. The van der Waals surface area contributed by atoms with E-state index < -0.39 is 0 Å². The molecule has 1 saturated heterocycles. The average Bonchev–Trinajstić information content (AvgIpc) is 3.50. The molecular formula is C25H35N5O3S. The Balaban J connectivity index is 1.12. The molecule has 1 aliphatic heterocycles. The van der Waals surface area contributed by atoms with Crippen LogP contribution >= 0.6 is 12.1 Å². The first-order valence-corrected chi connectivity index (χ1v) is 13.0. The smallest absolute Gasteiger partial charge is 0.128 e. The molecule has 1 aromatic carbocycles. The van der Waals surface area contributed by atoms with Crippen molar-refractivity contribution in [1.29, 1.82) is 0 Å². The van der Waals surface area contributed by atoms with Crippen molar-refractivity contribution < 1.29 is 14.7 Å². The molecule has 1 aromatic heterocycles. The lowest BCUT2D eigenvalue weighted by Gasteiger charge is -2.18. The fourth-order valence-electron chi connectivity index (χ4n) is 4.14. The van der Waals surface area contributed by atoms with Gasteiger partial charge in [-0.15, -0.1) is 0 Å². The Labute approximate surface area is 206 Å². The van der Waals surface area contributed by atoms with E-state index in [-0.39, 0.29) is 6.61 Å². The lowest BCUT2D eigenvalue weighted by molar-refractivity contribution is 0.158. The zero-order valence-electron chi connectivity index (χ0n) is 19.9. The number of nitrogens with zero attached hydrogens (tertiary/aromatic N) is 4. The Hall–Kier alpha value is -2.49. The van der Waals surface area contributed by atoms with Crippen molar-refractivity contribution >= 4 is 29.4 Å². The summed E-state index contributed by atoms with van der Waals surface area (Å²) >= 11 is 1.79. The van der Waals surface area contributed by atoms with Gasteiger partial charge in [-0.3, -0.25) is 0 Å². The van der Waals surface area contributed by atoms with Crippen molar-refractivity contribution in [3.8, 4) is 5.75 Å². The van der Waals surface area contributed by atoms with E-state index in [0.29, 0.717) is 13.2 Å². The summed E-state index contributed by atoms with van der Waals surface area (Å²) in [5, 5.41) is 16.3. The molecule has 0 radical (unpaired) electrons. The van der Waals surface area contributed by atoms with E-state index in [2.05, 4.69) is 36.2 Å². The Bertz CT molecular complexity index is 958. The molecule has 0 saturated carbocycles. The van der Waals surface area contributed by atoms with Crippen molar-refractivity contribution in [2.45, 2.75) is 39.0 Å². The lowest BCUT2D eigenvalue weighted by Crippen LogP contribution is -2.14. The lowest BCUT2D eigenvalue weighted by atomic mass is 10.1. The van der Waals surface area contributed by atoms with Crippen molar-refractivity contribution in [2.24, 2.45) is 5.16 Å². The standard InChI is InChI=1S/C25H35N5O3S/c1-2-33-28-24-9-6-20-18-22(7-8-23(20)24)32-17-5-3-4-13-29-14-15-30(34-29)21-10-11-26-25(19-21)27-12-16-31/h7-8,10-11,18-19,31H,2-6,9,12-17H2,1H3,(H,26,27)/b28-24+. The summed E-state index contributed by atoms with van der Waals surface area (Å²) in [5.74, 6) is 1.75. The van der Waals surface area contributed by atoms with Gasteiger partial charge in [0.15, 0.2) is 0 Å². The van der Waals surface area contributed by atoms with E-state index in [1.165, 1.54) is 11.1 Å². The van der Waals surface area contributed by atoms with Crippen LogP contribution in [0, 0.1) is 0 Å². The first-order valence-electron chi connectivity index (χ1n) is 12.2. The molecule has 0 amide bonds. The minimum atomic E-state index is 0.0988. The van der Waals surface area contributed by atoms with Crippen LogP contribution in [0.2, 0.25) is 0 Å². The summed E-state index contributed by atoms with van der Waals surface area (Å²) in [4.78, 5) is 9.53. The highest BCUT2D eigenvalue weighted by molar-refractivity contribution is 7.98. The van der Waals surface area contributed by atoms with Crippen LogP contribution in [0.3, 0.4) is 0 Å². The maximum absolute atomic E-state index is 8.98. The number of aliphatic hydroxyl groups excluding tert-OH is 1. The van der Waals surface area contributed by atoms with Crippen molar-refractivity contribution in [2.75, 3.05) is 55.6 Å². The number of ether oxygens (including phenoxy) is 1. The third kappa shape index (κ3) is 6.77. The second kappa shape index (κ2) is 12.8. The number of fused-ring (bicyclic) bond motifs is 1. The van der Waals surface area contributed by atoms with E-state index in [9.17, 15) is 0 Å². The van der Waals surface area contributed by atoms with Gasteiger partial charge in [-0.2, -0.15) is 0 Å². The van der Waals surface area contributed by atoms with Crippen LogP contribution in [0.25, 0.3) is 0 Å². The van der Waals surface area contributed by atoms with Crippen LogP contribution in [0.1, 0.15) is 43.7 Å². The number of rotatable bonds is 13. The van der Waals surface area contributed by atoms with Crippen LogP contribution in [0.5, 0.6) is 5.75 Å². The first-order chi connectivity index (χ1) is 16.8. The van der Waals surface area contributed by atoms with Gasteiger partial charge < -0.3 is 24.3 Å². The maximum atomic E-state index is 8.98. The topological polar surface area (TPSA) is 82.5 Å². The van der Waals surface area contributed by atoms with Crippen LogP contribution in [0.4, 0.5) is 11.5 Å². The average molecular weight is 486 g/mol. The number of pyridine rings is 1. The predicted octanol–water partition coefficient (Wildman–Crippen LogP) is 4.11. The predicted molar refractivity (Wildman–Crippen MR) is 139 cm³/mol. The van der Waals surface area contributed by atoms with E-state index >= 15 is 0 Å². The van der Waals surface area contributed by atoms with Gasteiger partial charge in [-0.05, 0) is 68.9 Å². The van der Waals surface area contributed by atoms with E-state index in [1.807, 2.05) is 31.3 Å². The molecular weight excluding hydrogens is 450 g/mol. The SMILES string of the molecule is CCO/N=C1\CCc2cc(OCCCCCN3CCN(c4ccnc(NCCO)c4)S3)ccc21. The normalized spacial score (nSPS) is 16.8. The second-order valence-corrected chi connectivity index (χ2v) is 9.47. The molecule has 34 heavy (non-hydrogen) atoms. The van der Waals surface area contributed by atoms with E-state index in [1.54, 1.807) is 12.1 Å². The number of unbranched alkanes of at least 4 members (excludes halogenated alkanes) is 2. The van der Waals surface area contributed by atoms with Crippen LogP contribution in [0.15, 0.2) is 41.7 Å². The van der Waals surface area contributed by atoms with Gasteiger partial charge in [0.05, 0.1) is 24.6 Å². The highest BCUT2D eigenvalue weighted by atomic mass is 32.2. The molecule has 2 aromatic rings. The fourth-order valence-corrected chi connectivity index (χ4v) is 5.16. The highest BCUT2D eigenvalue weighted by Gasteiger charge is 2.22. The monoisotopic (exact) mass is 485 g/mol. The quantitative estimate of drug-likeness (QED) is 0.249. The fraction of sp³-hybridized carbons (Fsp3) is 0.520. The number of anilines is 2. The number of hydrogen-bond donors (Lipinski definition) is 2. The summed E-state index contributed by atoms with van der Waals surface area (Å²) in [6.07, 6.45) is 7.12. The van der Waals surface area contributed by atoms with Gasteiger partial charge in [0.1, 0.15) is 18.2 Å². The Morgan fingerprint density at radius 3 is 2.97 bits per heavy atom. The Kier molecular flexibility index (Phi) is 9.29. The summed E-state index contributed by atoms with van der Waals surface area (Å²) < 4.78 is 10.7. The van der Waals surface area contributed by atoms with Crippen molar-refractivity contribution in [1.82, 2.24) is 9.29 Å². The third-order valence-electron chi connectivity index (χ3n) is 5.86. The van der Waals surface area contributed by atoms with Crippen LogP contribution in [-0.4, -0.2) is 66.1 Å². The number of aryl methyl sites for hydroxylation is 1. The largest absolute Gasteiger partial charge is 0.494 e. The van der Waals surface area contributed by atoms with E-state index in [0.717, 1.165) is 81.3 Å². The summed E-state index contributed by atoms with van der Waals surface area (Å²) in [5.41, 5.74) is 4.69. The molecule has 2 N–H and O–H groups in total. The number of oxime groups is 1. The van der Waals surface area contributed by atoms with E-state index in [4.69, 9.17) is 14.7 Å². The number of nitrogens with one attached hydrogen (secondary N) is 1. The molecule has 2 aliphatic rings. The molecule has 8 nitrogen and oxygen atoms in total. The molecule has 1 aliphatic carbocycles. The van der Waals surface area contributed by atoms with Gasteiger partial charge >= 0.3 is 0 Å². The van der Waals surface area contributed by atoms with Crippen LogP contribution in [-0.2, 0) is 11.3 Å². The Morgan fingerprint density at radius 2 is 2.09 bits per heavy atom. The number of hydrogen-bond acceptors (Lipinski definition) is 9. The first kappa shape index (κ1) is 24.6. The molecule has 4 rings (SSSR count). The minimum absolute atomic E-state index is 0.0988. The summed E-state index contributed by atoms with van der Waals surface area (Å²) in [6.45, 7) is 7.02. The highest BCUT2D eigenvalue weighted by Crippen LogP contribution is 2.31. The van der Waals surface area contributed by atoms with Gasteiger partial charge in [0.2, 0.25) is 0 Å². The molecule has 0 spiro atoms. The minimum Gasteiger partial charge on any atom is -0.494 e. The number of benzene rings is 1. The molecule has 1 fully saturated rings. The van der Waals surface area contributed by atoms with Crippen LogP contribution < -0.4 is 14.4 Å². The molecule has 0 unspecified atom stereocenters. The Morgan fingerprint density at radius 1 is 1.15 bits per heavy atom. The number of aliphatic hydroxyl groups is 1. The third-order valence-corrected chi connectivity index (χ3v) is 7.05. The number of aromatic nitrogens is 1. The molecule has 9 heteroatoms. The summed E-state index contributed by atoms with van der Waals surface area (Å²) in [7, 11) is 0. The zero-order valence-corrected chi connectivity index (χ0v) is 20.7. The molecule has 184 valence electrons.